The smallest absolute Gasteiger partial charge is 0.129 e. The summed E-state index contributed by atoms with van der Waals surface area (Å²) in [7, 11) is 5.03. The van der Waals surface area contributed by atoms with Crippen molar-refractivity contribution in [3.05, 3.63) is 17.7 Å². The Labute approximate surface area is 115 Å². The molecular formula is C15H23NO3. The van der Waals surface area contributed by atoms with Gasteiger partial charge in [-0.3, -0.25) is 0 Å². The maximum absolute atomic E-state index is 5.49. The van der Waals surface area contributed by atoms with Crippen molar-refractivity contribution in [3.63, 3.8) is 0 Å². The number of piperidine rings is 1. The Kier molecular flexibility index (Phi) is 4.91. The van der Waals surface area contributed by atoms with Crippen molar-refractivity contribution in [3.8, 4) is 17.2 Å². The summed E-state index contributed by atoms with van der Waals surface area (Å²) in [4.78, 5) is 0. The Morgan fingerprint density at radius 2 is 1.79 bits per heavy atom. The van der Waals surface area contributed by atoms with E-state index in [1.165, 1.54) is 12.8 Å². The van der Waals surface area contributed by atoms with E-state index in [2.05, 4.69) is 5.32 Å². The third kappa shape index (κ3) is 3.32. The zero-order chi connectivity index (χ0) is 13.7. The van der Waals surface area contributed by atoms with E-state index in [0.717, 1.165) is 42.3 Å². The first-order valence-electron chi connectivity index (χ1n) is 6.78. The van der Waals surface area contributed by atoms with E-state index in [1.807, 2.05) is 12.1 Å². The summed E-state index contributed by atoms with van der Waals surface area (Å²) in [5.74, 6) is 3.10. The molecule has 2 rings (SSSR count). The van der Waals surface area contributed by atoms with Crippen molar-refractivity contribution in [2.75, 3.05) is 34.4 Å². The number of nitrogens with one attached hydrogen (secondary N) is 1. The molecule has 1 fully saturated rings. The molecular weight excluding hydrogens is 242 g/mol. The molecule has 0 radical (unpaired) electrons. The summed E-state index contributed by atoms with van der Waals surface area (Å²) in [6.07, 6.45) is 3.47. The molecule has 1 N–H and O–H groups in total. The third-order valence-corrected chi connectivity index (χ3v) is 3.71. The molecule has 19 heavy (non-hydrogen) atoms. The number of rotatable bonds is 5. The minimum atomic E-state index is 0.643. The highest BCUT2D eigenvalue weighted by Gasteiger charge is 2.19. The Hall–Kier alpha value is -1.42. The average Bonchev–Trinajstić information content (AvgIpc) is 2.48. The SMILES string of the molecule is COc1cc(OC)c(CC2CCCNC2)c(OC)c1. The molecule has 1 aromatic carbocycles. The quantitative estimate of drug-likeness (QED) is 0.886. The highest BCUT2D eigenvalue weighted by molar-refractivity contribution is 5.51. The Bertz CT molecular complexity index is 389. The second-order valence-corrected chi connectivity index (χ2v) is 4.93. The molecule has 0 aliphatic carbocycles. The molecule has 1 heterocycles. The Balaban J connectivity index is 2.25. The molecule has 4 heteroatoms. The first kappa shape index (κ1) is 14.0. The van der Waals surface area contributed by atoms with Gasteiger partial charge in [0.05, 0.1) is 21.3 Å². The van der Waals surface area contributed by atoms with Crippen LogP contribution in [0.2, 0.25) is 0 Å². The van der Waals surface area contributed by atoms with Gasteiger partial charge in [0, 0.05) is 17.7 Å². The first-order chi connectivity index (χ1) is 9.28. The van der Waals surface area contributed by atoms with E-state index >= 15 is 0 Å². The van der Waals surface area contributed by atoms with Crippen LogP contribution in [-0.4, -0.2) is 34.4 Å². The zero-order valence-electron chi connectivity index (χ0n) is 12.0. The van der Waals surface area contributed by atoms with Crippen LogP contribution >= 0.6 is 0 Å². The molecule has 0 saturated carbocycles. The van der Waals surface area contributed by atoms with Gasteiger partial charge in [-0.2, -0.15) is 0 Å². The topological polar surface area (TPSA) is 39.7 Å². The van der Waals surface area contributed by atoms with E-state index in [-0.39, 0.29) is 0 Å². The number of methoxy groups -OCH3 is 3. The number of benzene rings is 1. The molecule has 106 valence electrons. The van der Waals surface area contributed by atoms with Gasteiger partial charge in [0.2, 0.25) is 0 Å². The largest absolute Gasteiger partial charge is 0.496 e. The van der Waals surface area contributed by atoms with E-state index < -0.39 is 0 Å². The van der Waals surface area contributed by atoms with Crippen LogP contribution in [0, 0.1) is 5.92 Å². The molecule has 1 atom stereocenters. The molecule has 1 aromatic rings. The lowest BCUT2D eigenvalue weighted by molar-refractivity contribution is 0.343. The molecule has 0 spiro atoms. The van der Waals surface area contributed by atoms with Crippen molar-refractivity contribution >= 4 is 0 Å². The summed E-state index contributed by atoms with van der Waals surface area (Å²) in [5.41, 5.74) is 1.14. The summed E-state index contributed by atoms with van der Waals surface area (Å²) >= 11 is 0. The average molecular weight is 265 g/mol. The fraction of sp³-hybridized carbons (Fsp3) is 0.600. The molecule has 1 unspecified atom stereocenters. The predicted molar refractivity (Wildman–Crippen MR) is 75.4 cm³/mol. The molecule has 0 amide bonds. The summed E-state index contributed by atoms with van der Waals surface area (Å²) < 4.78 is 16.3. The van der Waals surface area contributed by atoms with Gasteiger partial charge in [-0.15, -0.1) is 0 Å². The highest BCUT2D eigenvalue weighted by Crippen LogP contribution is 2.36. The van der Waals surface area contributed by atoms with E-state index in [1.54, 1.807) is 21.3 Å². The fourth-order valence-electron chi connectivity index (χ4n) is 2.67. The third-order valence-electron chi connectivity index (χ3n) is 3.71. The van der Waals surface area contributed by atoms with Crippen molar-refractivity contribution in [2.45, 2.75) is 19.3 Å². The van der Waals surface area contributed by atoms with Gasteiger partial charge < -0.3 is 19.5 Å². The van der Waals surface area contributed by atoms with Gasteiger partial charge in [-0.1, -0.05) is 0 Å². The number of hydrogen-bond donors (Lipinski definition) is 1. The Morgan fingerprint density at radius 1 is 1.11 bits per heavy atom. The van der Waals surface area contributed by atoms with Crippen LogP contribution in [-0.2, 0) is 6.42 Å². The highest BCUT2D eigenvalue weighted by atomic mass is 16.5. The van der Waals surface area contributed by atoms with Crippen LogP contribution in [0.5, 0.6) is 17.2 Å². The van der Waals surface area contributed by atoms with Crippen LogP contribution < -0.4 is 19.5 Å². The van der Waals surface area contributed by atoms with Crippen LogP contribution in [0.25, 0.3) is 0 Å². The number of hydrogen-bond acceptors (Lipinski definition) is 4. The minimum absolute atomic E-state index is 0.643. The maximum Gasteiger partial charge on any atom is 0.129 e. The normalized spacial score (nSPS) is 19.0. The zero-order valence-corrected chi connectivity index (χ0v) is 12.0. The van der Waals surface area contributed by atoms with Gasteiger partial charge in [0.15, 0.2) is 0 Å². The van der Waals surface area contributed by atoms with E-state index in [4.69, 9.17) is 14.2 Å². The van der Waals surface area contributed by atoms with Gasteiger partial charge in [-0.25, -0.2) is 0 Å². The van der Waals surface area contributed by atoms with Crippen LogP contribution in [0.4, 0.5) is 0 Å². The van der Waals surface area contributed by atoms with Gasteiger partial charge in [0.25, 0.3) is 0 Å². The monoisotopic (exact) mass is 265 g/mol. The van der Waals surface area contributed by atoms with Crippen LogP contribution in [0.15, 0.2) is 12.1 Å². The molecule has 0 aromatic heterocycles. The lowest BCUT2D eigenvalue weighted by Crippen LogP contribution is -2.31. The van der Waals surface area contributed by atoms with Gasteiger partial charge >= 0.3 is 0 Å². The molecule has 0 bridgehead atoms. The fourth-order valence-corrected chi connectivity index (χ4v) is 2.67. The maximum atomic E-state index is 5.49. The summed E-state index contributed by atoms with van der Waals surface area (Å²) in [5, 5.41) is 3.45. The van der Waals surface area contributed by atoms with Crippen LogP contribution in [0.3, 0.4) is 0 Å². The second kappa shape index (κ2) is 6.66. The predicted octanol–water partition coefficient (Wildman–Crippen LogP) is 2.25. The standard InChI is InChI=1S/C15H23NO3/c1-17-12-8-14(18-2)13(15(9-12)19-3)7-11-5-4-6-16-10-11/h8-9,11,16H,4-7,10H2,1-3H3. The van der Waals surface area contributed by atoms with E-state index in [9.17, 15) is 0 Å². The molecule has 4 nitrogen and oxygen atoms in total. The lowest BCUT2D eigenvalue weighted by Gasteiger charge is -2.24. The molecule has 1 aliphatic rings. The Morgan fingerprint density at radius 3 is 2.26 bits per heavy atom. The lowest BCUT2D eigenvalue weighted by atomic mass is 9.91. The molecule has 1 saturated heterocycles. The van der Waals surface area contributed by atoms with Gasteiger partial charge in [0.1, 0.15) is 17.2 Å². The summed E-state index contributed by atoms with van der Waals surface area (Å²) in [6, 6.07) is 3.85. The van der Waals surface area contributed by atoms with Crippen LogP contribution in [0.1, 0.15) is 18.4 Å². The van der Waals surface area contributed by atoms with Crippen molar-refractivity contribution in [1.29, 1.82) is 0 Å². The first-order valence-corrected chi connectivity index (χ1v) is 6.78. The summed E-state index contributed by atoms with van der Waals surface area (Å²) in [6.45, 7) is 2.20. The molecule has 1 aliphatic heterocycles. The second-order valence-electron chi connectivity index (χ2n) is 4.93. The van der Waals surface area contributed by atoms with Crippen molar-refractivity contribution in [2.24, 2.45) is 5.92 Å². The number of ether oxygens (including phenoxy) is 3. The van der Waals surface area contributed by atoms with Gasteiger partial charge in [-0.05, 0) is 38.3 Å². The van der Waals surface area contributed by atoms with Crippen molar-refractivity contribution in [1.82, 2.24) is 5.32 Å². The minimum Gasteiger partial charge on any atom is -0.496 e. The van der Waals surface area contributed by atoms with E-state index in [0.29, 0.717) is 5.92 Å². The van der Waals surface area contributed by atoms with Crippen molar-refractivity contribution < 1.29 is 14.2 Å².